The number of aryl methyl sites for hydroxylation is 2. The molecule has 4 nitrogen and oxygen atoms in total. The molecule has 0 aliphatic rings. The van der Waals surface area contributed by atoms with Crippen molar-refractivity contribution in [2.45, 2.75) is 26.2 Å². The van der Waals surface area contributed by atoms with Crippen LogP contribution in [-0.2, 0) is 22.4 Å². The van der Waals surface area contributed by atoms with Gasteiger partial charge in [-0.1, -0.05) is 42.0 Å². The van der Waals surface area contributed by atoms with Crippen molar-refractivity contribution in [3.05, 3.63) is 65.2 Å². The van der Waals surface area contributed by atoms with Gasteiger partial charge in [-0.05, 0) is 36.6 Å². The summed E-state index contributed by atoms with van der Waals surface area (Å²) >= 11 is 0. The Morgan fingerprint density at radius 3 is 2.14 bits per heavy atom. The molecule has 2 aromatic rings. The molecule has 22 heavy (non-hydrogen) atoms. The fraction of sp³-hybridized carbons (Fsp3) is 0.222. The Balaban J connectivity index is 1.83. The highest BCUT2D eigenvalue weighted by Crippen LogP contribution is 2.12. The smallest absolute Gasteiger partial charge is 0.307 e. The highest BCUT2D eigenvalue weighted by molar-refractivity contribution is 5.90. The summed E-state index contributed by atoms with van der Waals surface area (Å²) in [5, 5.41) is 11.5. The maximum atomic E-state index is 11.9. The summed E-state index contributed by atoms with van der Waals surface area (Å²) in [6.45, 7) is 2.03. The van der Waals surface area contributed by atoms with Crippen molar-refractivity contribution in [2.24, 2.45) is 0 Å². The number of aliphatic carboxylic acids is 1. The van der Waals surface area contributed by atoms with Crippen molar-refractivity contribution < 1.29 is 14.7 Å². The van der Waals surface area contributed by atoms with E-state index in [1.165, 1.54) is 5.56 Å². The van der Waals surface area contributed by atoms with E-state index in [0.29, 0.717) is 24.1 Å². The first-order valence-electron chi connectivity index (χ1n) is 7.19. The van der Waals surface area contributed by atoms with E-state index in [0.717, 1.165) is 5.56 Å². The van der Waals surface area contributed by atoms with E-state index < -0.39 is 5.97 Å². The fourth-order valence-corrected chi connectivity index (χ4v) is 2.12. The molecule has 2 rings (SSSR count). The quantitative estimate of drug-likeness (QED) is 0.860. The predicted octanol–water partition coefficient (Wildman–Crippen LogP) is 3.19. The van der Waals surface area contributed by atoms with E-state index in [-0.39, 0.29) is 12.3 Å². The number of hydrogen-bond acceptors (Lipinski definition) is 2. The molecule has 1 amide bonds. The van der Waals surface area contributed by atoms with Gasteiger partial charge in [0.2, 0.25) is 5.91 Å². The summed E-state index contributed by atoms with van der Waals surface area (Å²) in [6, 6.07) is 15.0. The predicted molar refractivity (Wildman–Crippen MR) is 85.9 cm³/mol. The highest BCUT2D eigenvalue weighted by atomic mass is 16.4. The Kier molecular flexibility index (Phi) is 5.31. The molecular formula is C18H19NO3. The molecule has 0 bridgehead atoms. The lowest BCUT2D eigenvalue weighted by Crippen LogP contribution is -2.12. The Morgan fingerprint density at radius 1 is 0.955 bits per heavy atom. The van der Waals surface area contributed by atoms with Crippen LogP contribution in [-0.4, -0.2) is 17.0 Å². The SMILES string of the molecule is Cc1ccc(CCC(=O)Nc2ccc(CC(=O)O)cc2)cc1. The van der Waals surface area contributed by atoms with Crippen LogP contribution in [0.25, 0.3) is 0 Å². The van der Waals surface area contributed by atoms with Gasteiger partial charge in [0.1, 0.15) is 0 Å². The molecule has 4 heteroatoms. The average Bonchev–Trinajstić information content (AvgIpc) is 2.48. The Hall–Kier alpha value is -2.62. The third-order valence-electron chi connectivity index (χ3n) is 3.35. The van der Waals surface area contributed by atoms with Gasteiger partial charge >= 0.3 is 5.97 Å². The lowest BCUT2D eigenvalue weighted by atomic mass is 10.1. The molecular weight excluding hydrogens is 278 g/mol. The Morgan fingerprint density at radius 2 is 1.55 bits per heavy atom. The summed E-state index contributed by atoms with van der Waals surface area (Å²) in [5.41, 5.74) is 3.74. The van der Waals surface area contributed by atoms with E-state index >= 15 is 0 Å². The lowest BCUT2D eigenvalue weighted by molar-refractivity contribution is -0.136. The number of carbonyl (C=O) groups excluding carboxylic acids is 1. The van der Waals surface area contributed by atoms with Crippen molar-refractivity contribution >= 4 is 17.6 Å². The third-order valence-corrected chi connectivity index (χ3v) is 3.35. The molecule has 0 aromatic heterocycles. The van der Waals surface area contributed by atoms with Crippen LogP contribution in [0.1, 0.15) is 23.1 Å². The third kappa shape index (κ3) is 5.05. The van der Waals surface area contributed by atoms with Gasteiger partial charge in [0, 0.05) is 12.1 Å². The van der Waals surface area contributed by atoms with Crippen LogP contribution < -0.4 is 5.32 Å². The van der Waals surface area contributed by atoms with Crippen LogP contribution in [0.3, 0.4) is 0 Å². The van der Waals surface area contributed by atoms with Crippen LogP contribution in [0.2, 0.25) is 0 Å². The zero-order chi connectivity index (χ0) is 15.9. The largest absolute Gasteiger partial charge is 0.481 e. The van der Waals surface area contributed by atoms with Gasteiger partial charge in [-0.15, -0.1) is 0 Å². The first-order valence-corrected chi connectivity index (χ1v) is 7.19. The summed E-state index contributed by atoms with van der Waals surface area (Å²) in [6.07, 6.45) is 1.10. The van der Waals surface area contributed by atoms with E-state index in [1.54, 1.807) is 24.3 Å². The van der Waals surface area contributed by atoms with Crippen LogP contribution in [0.4, 0.5) is 5.69 Å². The summed E-state index contributed by atoms with van der Waals surface area (Å²) < 4.78 is 0. The number of carboxylic acids is 1. The van der Waals surface area contributed by atoms with E-state index in [4.69, 9.17) is 5.11 Å². The van der Waals surface area contributed by atoms with E-state index in [1.807, 2.05) is 31.2 Å². The molecule has 0 atom stereocenters. The monoisotopic (exact) mass is 297 g/mol. The minimum absolute atomic E-state index is 0.0123. The first-order chi connectivity index (χ1) is 10.5. The van der Waals surface area contributed by atoms with E-state index in [9.17, 15) is 9.59 Å². The maximum Gasteiger partial charge on any atom is 0.307 e. The molecule has 2 aromatic carbocycles. The Bertz CT molecular complexity index is 645. The molecule has 0 unspecified atom stereocenters. The summed E-state index contributed by atoms with van der Waals surface area (Å²) in [7, 11) is 0. The zero-order valence-corrected chi connectivity index (χ0v) is 12.5. The van der Waals surface area contributed by atoms with Crippen LogP contribution in [0.5, 0.6) is 0 Å². The molecule has 0 aliphatic heterocycles. The van der Waals surface area contributed by atoms with Crippen molar-refractivity contribution in [3.8, 4) is 0 Å². The van der Waals surface area contributed by atoms with Gasteiger partial charge in [-0.25, -0.2) is 0 Å². The second kappa shape index (κ2) is 7.41. The van der Waals surface area contributed by atoms with Crippen molar-refractivity contribution in [1.82, 2.24) is 0 Å². The lowest BCUT2D eigenvalue weighted by Gasteiger charge is -2.06. The summed E-state index contributed by atoms with van der Waals surface area (Å²) in [4.78, 5) is 22.5. The molecule has 2 N–H and O–H groups in total. The molecule has 0 heterocycles. The number of benzene rings is 2. The summed E-state index contributed by atoms with van der Waals surface area (Å²) in [5.74, 6) is -0.915. The van der Waals surface area contributed by atoms with Gasteiger partial charge in [0.05, 0.1) is 6.42 Å². The molecule has 114 valence electrons. The molecule has 0 radical (unpaired) electrons. The number of rotatable bonds is 6. The number of carbonyl (C=O) groups is 2. The van der Waals surface area contributed by atoms with Crippen molar-refractivity contribution in [3.63, 3.8) is 0 Å². The number of hydrogen-bond donors (Lipinski definition) is 2. The van der Waals surface area contributed by atoms with Crippen LogP contribution >= 0.6 is 0 Å². The topological polar surface area (TPSA) is 66.4 Å². The van der Waals surface area contributed by atoms with Crippen LogP contribution in [0, 0.1) is 6.92 Å². The zero-order valence-electron chi connectivity index (χ0n) is 12.5. The molecule has 0 aliphatic carbocycles. The van der Waals surface area contributed by atoms with Crippen molar-refractivity contribution in [1.29, 1.82) is 0 Å². The first kappa shape index (κ1) is 15.8. The minimum Gasteiger partial charge on any atom is -0.481 e. The molecule has 0 fully saturated rings. The van der Waals surface area contributed by atoms with Gasteiger partial charge in [0.25, 0.3) is 0 Å². The second-order valence-electron chi connectivity index (χ2n) is 5.30. The van der Waals surface area contributed by atoms with Crippen molar-refractivity contribution in [2.75, 3.05) is 5.32 Å². The number of nitrogens with one attached hydrogen (secondary N) is 1. The van der Waals surface area contributed by atoms with Gasteiger partial charge in [-0.3, -0.25) is 9.59 Å². The van der Waals surface area contributed by atoms with Gasteiger partial charge in [0.15, 0.2) is 0 Å². The fourth-order valence-electron chi connectivity index (χ4n) is 2.12. The number of carboxylic acid groups (broad SMARTS) is 1. The van der Waals surface area contributed by atoms with Gasteiger partial charge in [-0.2, -0.15) is 0 Å². The van der Waals surface area contributed by atoms with Crippen LogP contribution in [0.15, 0.2) is 48.5 Å². The minimum atomic E-state index is -0.866. The van der Waals surface area contributed by atoms with Gasteiger partial charge < -0.3 is 10.4 Å². The molecule has 0 saturated carbocycles. The highest BCUT2D eigenvalue weighted by Gasteiger charge is 2.04. The number of amides is 1. The maximum absolute atomic E-state index is 11.9. The standard InChI is InChI=1S/C18H19NO3/c1-13-2-4-14(5-3-13)8-11-17(20)19-16-9-6-15(7-10-16)12-18(21)22/h2-7,9-10H,8,11-12H2,1H3,(H,19,20)(H,21,22). The number of anilines is 1. The molecule has 0 saturated heterocycles. The molecule has 0 spiro atoms. The van der Waals surface area contributed by atoms with E-state index in [2.05, 4.69) is 5.32 Å². The second-order valence-corrected chi connectivity index (χ2v) is 5.30. The average molecular weight is 297 g/mol. The normalized spacial score (nSPS) is 10.2. The Labute approximate surface area is 129 Å².